The van der Waals surface area contributed by atoms with E-state index in [1.807, 2.05) is 13.1 Å². The van der Waals surface area contributed by atoms with Gasteiger partial charge in [0.25, 0.3) is 0 Å². The predicted molar refractivity (Wildman–Crippen MR) is 84.9 cm³/mol. The molecule has 1 atom stereocenters. The van der Waals surface area contributed by atoms with Gasteiger partial charge >= 0.3 is 0 Å². The number of anilines is 1. The van der Waals surface area contributed by atoms with E-state index >= 15 is 0 Å². The highest BCUT2D eigenvalue weighted by Gasteiger charge is 2.13. The second kappa shape index (κ2) is 7.74. The first-order chi connectivity index (χ1) is 10.2. The van der Waals surface area contributed by atoms with Crippen LogP contribution in [-0.2, 0) is 0 Å². The lowest BCUT2D eigenvalue weighted by Crippen LogP contribution is -2.28. The van der Waals surface area contributed by atoms with E-state index in [0.29, 0.717) is 0 Å². The van der Waals surface area contributed by atoms with Crippen LogP contribution in [0.1, 0.15) is 25.1 Å². The van der Waals surface area contributed by atoms with Gasteiger partial charge in [-0.05, 0) is 44.7 Å². The fraction of sp³-hybridized carbons (Fsp3) is 0.353. The molecule has 3 nitrogen and oxygen atoms in total. The van der Waals surface area contributed by atoms with E-state index in [9.17, 15) is 4.39 Å². The normalized spacial score (nSPS) is 12.1. The van der Waals surface area contributed by atoms with Crippen LogP contribution in [0.25, 0.3) is 0 Å². The number of nitrogens with one attached hydrogen (secondary N) is 1. The van der Waals surface area contributed by atoms with Gasteiger partial charge in [-0.25, -0.2) is 4.39 Å². The minimum absolute atomic E-state index is 0.128. The van der Waals surface area contributed by atoms with E-state index in [1.54, 1.807) is 6.07 Å². The standard InChI is InChI=1S/C17H22FN3/c1-3-21(15-7-5-4-6-8-15)12-11-16(19-2)17-10-9-14(18)13-20-17/h4-10,13,16,19H,3,11-12H2,1-2H3. The summed E-state index contributed by atoms with van der Waals surface area (Å²) in [4.78, 5) is 6.50. The Kier molecular flexibility index (Phi) is 5.69. The lowest BCUT2D eigenvalue weighted by atomic mass is 10.1. The minimum atomic E-state index is -0.298. The van der Waals surface area contributed by atoms with Gasteiger partial charge in [-0.3, -0.25) is 4.98 Å². The first kappa shape index (κ1) is 15.4. The molecule has 1 unspecified atom stereocenters. The molecular weight excluding hydrogens is 265 g/mol. The van der Waals surface area contributed by atoms with Crippen molar-refractivity contribution in [3.05, 3.63) is 60.2 Å². The lowest BCUT2D eigenvalue weighted by molar-refractivity contribution is 0.527. The summed E-state index contributed by atoms with van der Waals surface area (Å²) >= 11 is 0. The molecule has 0 bridgehead atoms. The van der Waals surface area contributed by atoms with Gasteiger partial charge in [0.05, 0.1) is 17.9 Å². The number of para-hydroxylation sites is 1. The average Bonchev–Trinajstić information content (AvgIpc) is 2.54. The smallest absolute Gasteiger partial charge is 0.141 e. The molecule has 1 heterocycles. The van der Waals surface area contributed by atoms with Gasteiger partial charge in [-0.2, -0.15) is 0 Å². The molecule has 0 radical (unpaired) electrons. The monoisotopic (exact) mass is 287 g/mol. The zero-order valence-corrected chi connectivity index (χ0v) is 12.6. The Morgan fingerprint density at radius 3 is 2.52 bits per heavy atom. The third-order valence-corrected chi connectivity index (χ3v) is 3.65. The summed E-state index contributed by atoms with van der Waals surface area (Å²) in [6.45, 7) is 4.03. The first-order valence-electron chi connectivity index (χ1n) is 7.33. The van der Waals surface area contributed by atoms with Gasteiger partial charge in [0.15, 0.2) is 0 Å². The topological polar surface area (TPSA) is 28.2 Å². The third-order valence-electron chi connectivity index (χ3n) is 3.65. The van der Waals surface area contributed by atoms with Gasteiger partial charge in [0.2, 0.25) is 0 Å². The van der Waals surface area contributed by atoms with Crippen LogP contribution >= 0.6 is 0 Å². The van der Waals surface area contributed by atoms with Crippen LogP contribution < -0.4 is 10.2 Å². The third kappa shape index (κ3) is 4.26. The molecule has 0 saturated carbocycles. The predicted octanol–water partition coefficient (Wildman–Crippen LogP) is 3.40. The highest BCUT2D eigenvalue weighted by atomic mass is 19.1. The number of pyridine rings is 1. The SMILES string of the molecule is CCN(CCC(NC)c1ccc(F)cn1)c1ccccc1. The summed E-state index contributed by atoms with van der Waals surface area (Å²) in [5.41, 5.74) is 2.10. The molecule has 21 heavy (non-hydrogen) atoms. The molecule has 0 fully saturated rings. The number of hydrogen-bond acceptors (Lipinski definition) is 3. The first-order valence-corrected chi connectivity index (χ1v) is 7.33. The largest absolute Gasteiger partial charge is 0.372 e. The van der Waals surface area contributed by atoms with E-state index in [-0.39, 0.29) is 11.9 Å². The van der Waals surface area contributed by atoms with Crippen molar-refractivity contribution in [2.24, 2.45) is 0 Å². The molecule has 2 aromatic rings. The van der Waals surface area contributed by atoms with Crippen molar-refractivity contribution < 1.29 is 4.39 Å². The maximum atomic E-state index is 13.0. The molecule has 1 N–H and O–H groups in total. The van der Waals surface area contributed by atoms with Crippen LogP contribution in [0.15, 0.2) is 48.7 Å². The highest BCUT2D eigenvalue weighted by Crippen LogP contribution is 2.18. The van der Waals surface area contributed by atoms with E-state index < -0.39 is 0 Å². The van der Waals surface area contributed by atoms with Crippen LogP contribution in [0.3, 0.4) is 0 Å². The Balaban J connectivity index is 2.00. The Morgan fingerprint density at radius 1 is 1.19 bits per heavy atom. The molecule has 112 valence electrons. The molecule has 2 rings (SSSR count). The van der Waals surface area contributed by atoms with E-state index in [0.717, 1.165) is 25.2 Å². The van der Waals surface area contributed by atoms with Crippen molar-refractivity contribution in [2.75, 3.05) is 25.0 Å². The molecule has 0 amide bonds. The molecule has 0 saturated heterocycles. The van der Waals surface area contributed by atoms with Crippen molar-refractivity contribution in [3.8, 4) is 0 Å². The van der Waals surface area contributed by atoms with Crippen molar-refractivity contribution in [2.45, 2.75) is 19.4 Å². The second-order valence-electron chi connectivity index (χ2n) is 4.95. The van der Waals surface area contributed by atoms with Crippen molar-refractivity contribution >= 4 is 5.69 Å². The summed E-state index contributed by atoms with van der Waals surface area (Å²) in [7, 11) is 1.91. The van der Waals surface area contributed by atoms with Gasteiger partial charge in [0.1, 0.15) is 5.82 Å². The number of hydrogen-bond donors (Lipinski definition) is 1. The van der Waals surface area contributed by atoms with Gasteiger partial charge in [-0.15, -0.1) is 0 Å². The van der Waals surface area contributed by atoms with Crippen molar-refractivity contribution in [1.29, 1.82) is 0 Å². The molecule has 0 aliphatic rings. The summed E-state index contributed by atoms with van der Waals surface area (Å²) in [6, 6.07) is 13.7. The number of aromatic nitrogens is 1. The molecule has 4 heteroatoms. The maximum absolute atomic E-state index is 13.0. The molecule has 0 spiro atoms. The Bertz CT molecular complexity index is 527. The number of rotatable bonds is 7. The van der Waals surface area contributed by atoms with E-state index in [1.165, 1.54) is 18.0 Å². The Hall–Kier alpha value is -1.94. The number of nitrogens with zero attached hydrogens (tertiary/aromatic N) is 2. The van der Waals surface area contributed by atoms with Crippen molar-refractivity contribution in [1.82, 2.24) is 10.3 Å². The maximum Gasteiger partial charge on any atom is 0.141 e. The van der Waals surface area contributed by atoms with E-state index in [4.69, 9.17) is 0 Å². The number of benzene rings is 1. The average molecular weight is 287 g/mol. The summed E-state index contributed by atoms with van der Waals surface area (Å²) in [5, 5.41) is 3.26. The second-order valence-corrected chi connectivity index (χ2v) is 4.95. The molecule has 0 aliphatic carbocycles. The Labute approximate surface area is 125 Å². The fourth-order valence-corrected chi connectivity index (χ4v) is 2.43. The molecular formula is C17H22FN3. The van der Waals surface area contributed by atoms with Gasteiger partial charge in [-0.1, -0.05) is 18.2 Å². The highest BCUT2D eigenvalue weighted by molar-refractivity contribution is 5.45. The summed E-state index contributed by atoms with van der Waals surface area (Å²) < 4.78 is 13.0. The minimum Gasteiger partial charge on any atom is -0.372 e. The summed E-state index contributed by atoms with van der Waals surface area (Å²) in [6.07, 6.45) is 2.19. The molecule has 1 aromatic carbocycles. The lowest BCUT2D eigenvalue weighted by Gasteiger charge is -2.25. The van der Waals surface area contributed by atoms with E-state index in [2.05, 4.69) is 46.4 Å². The van der Waals surface area contributed by atoms with Crippen molar-refractivity contribution in [3.63, 3.8) is 0 Å². The quantitative estimate of drug-likeness (QED) is 0.846. The molecule has 1 aromatic heterocycles. The molecule has 0 aliphatic heterocycles. The van der Waals surface area contributed by atoms with Crippen LogP contribution in [0.5, 0.6) is 0 Å². The van der Waals surface area contributed by atoms with Gasteiger partial charge < -0.3 is 10.2 Å². The number of halogens is 1. The summed E-state index contributed by atoms with van der Waals surface area (Å²) in [5.74, 6) is -0.298. The van der Waals surface area contributed by atoms with Gasteiger partial charge in [0, 0.05) is 18.8 Å². The van der Waals surface area contributed by atoms with Crippen LogP contribution in [0.4, 0.5) is 10.1 Å². The zero-order valence-electron chi connectivity index (χ0n) is 12.6. The van der Waals surface area contributed by atoms with Crippen LogP contribution in [-0.4, -0.2) is 25.1 Å². The zero-order chi connectivity index (χ0) is 15.1. The van der Waals surface area contributed by atoms with Crippen LogP contribution in [0, 0.1) is 5.82 Å². The fourth-order valence-electron chi connectivity index (χ4n) is 2.43. The van der Waals surface area contributed by atoms with Crippen LogP contribution in [0.2, 0.25) is 0 Å². The Morgan fingerprint density at radius 2 is 1.95 bits per heavy atom.